The number of rotatable bonds is 7. The molecule has 132 valence electrons. The number of carbonyl (C=O) groups is 2. The minimum atomic E-state index is -0.974. The fraction of sp³-hybridized carbons (Fsp3) is 0.529. The van der Waals surface area contributed by atoms with E-state index in [-0.39, 0.29) is 18.7 Å². The van der Waals surface area contributed by atoms with Crippen molar-refractivity contribution in [2.75, 3.05) is 20.8 Å². The maximum atomic E-state index is 12.3. The van der Waals surface area contributed by atoms with Crippen LogP contribution in [0.3, 0.4) is 0 Å². The van der Waals surface area contributed by atoms with E-state index in [9.17, 15) is 14.7 Å². The van der Waals surface area contributed by atoms with Gasteiger partial charge in [0.25, 0.3) is 0 Å². The SMILES string of the molecule is COc1ccc(C(O)CCC(=O)N2CCCC2C(=O)O)c(OC)c1. The minimum absolute atomic E-state index is 0.0835. The van der Waals surface area contributed by atoms with Crippen LogP contribution in [0, 0.1) is 0 Å². The first kappa shape index (κ1) is 18.1. The third kappa shape index (κ3) is 3.97. The lowest BCUT2D eigenvalue weighted by atomic mass is 10.0. The van der Waals surface area contributed by atoms with E-state index in [1.165, 1.54) is 12.0 Å². The number of amides is 1. The van der Waals surface area contributed by atoms with Crippen molar-refractivity contribution in [3.05, 3.63) is 23.8 Å². The molecule has 1 aliphatic rings. The van der Waals surface area contributed by atoms with E-state index in [0.29, 0.717) is 36.4 Å². The molecule has 2 unspecified atom stereocenters. The van der Waals surface area contributed by atoms with Crippen molar-refractivity contribution >= 4 is 11.9 Å². The molecule has 2 N–H and O–H groups in total. The summed E-state index contributed by atoms with van der Waals surface area (Å²) in [6, 6.07) is 4.33. The number of benzene rings is 1. The highest BCUT2D eigenvalue weighted by atomic mass is 16.5. The Kier molecular flexibility index (Phi) is 6.03. The van der Waals surface area contributed by atoms with Crippen LogP contribution in [-0.2, 0) is 9.59 Å². The van der Waals surface area contributed by atoms with Crippen molar-refractivity contribution < 1.29 is 29.3 Å². The molecule has 1 aliphatic heterocycles. The third-order valence-corrected chi connectivity index (χ3v) is 4.29. The summed E-state index contributed by atoms with van der Waals surface area (Å²) in [5.74, 6) is -0.122. The monoisotopic (exact) mass is 337 g/mol. The molecule has 1 aromatic rings. The van der Waals surface area contributed by atoms with E-state index in [4.69, 9.17) is 14.6 Å². The maximum Gasteiger partial charge on any atom is 0.326 e. The minimum Gasteiger partial charge on any atom is -0.497 e. The summed E-state index contributed by atoms with van der Waals surface area (Å²) in [5, 5.41) is 19.5. The Bertz CT molecular complexity index is 603. The summed E-state index contributed by atoms with van der Waals surface area (Å²) in [7, 11) is 3.04. The summed E-state index contributed by atoms with van der Waals surface area (Å²) in [6.07, 6.45) is 0.582. The second kappa shape index (κ2) is 8.01. The molecule has 7 nitrogen and oxygen atoms in total. The Morgan fingerprint density at radius 1 is 1.33 bits per heavy atom. The Morgan fingerprint density at radius 2 is 2.08 bits per heavy atom. The summed E-state index contributed by atoms with van der Waals surface area (Å²) in [5.41, 5.74) is 0.572. The second-order valence-electron chi connectivity index (χ2n) is 5.75. The van der Waals surface area contributed by atoms with Gasteiger partial charge in [0, 0.05) is 24.6 Å². The number of carbonyl (C=O) groups excluding carboxylic acids is 1. The average Bonchev–Trinajstić information content (AvgIpc) is 3.08. The molecule has 1 saturated heterocycles. The van der Waals surface area contributed by atoms with E-state index >= 15 is 0 Å². The van der Waals surface area contributed by atoms with E-state index < -0.39 is 18.1 Å². The summed E-state index contributed by atoms with van der Waals surface area (Å²) in [6.45, 7) is 0.456. The number of aliphatic carboxylic acids is 1. The Labute approximate surface area is 140 Å². The maximum absolute atomic E-state index is 12.3. The number of aliphatic hydroxyl groups excluding tert-OH is 1. The van der Waals surface area contributed by atoms with E-state index in [2.05, 4.69) is 0 Å². The van der Waals surface area contributed by atoms with Gasteiger partial charge in [-0.1, -0.05) is 0 Å². The normalized spacial score (nSPS) is 18.3. The lowest BCUT2D eigenvalue weighted by molar-refractivity contribution is -0.148. The molecule has 1 heterocycles. The van der Waals surface area contributed by atoms with Gasteiger partial charge in [0.05, 0.1) is 20.3 Å². The first-order valence-electron chi connectivity index (χ1n) is 7.90. The zero-order chi connectivity index (χ0) is 17.7. The van der Waals surface area contributed by atoms with Crippen LogP contribution in [0.15, 0.2) is 18.2 Å². The molecule has 2 rings (SSSR count). The Hall–Kier alpha value is -2.28. The van der Waals surface area contributed by atoms with E-state index in [1.807, 2.05) is 0 Å². The first-order chi connectivity index (χ1) is 11.5. The fourth-order valence-electron chi connectivity index (χ4n) is 2.97. The smallest absolute Gasteiger partial charge is 0.326 e. The molecule has 24 heavy (non-hydrogen) atoms. The van der Waals surface area contributed by atoms with Crippen molar-refractivity contribution in [3.8, 4) is 11.5 Å². The highest BCUT2D eigenvalue weighted by Crippen LogP contribution is 2.32. The van der Waals surface area contributed by atoms with Crippen LogP contribution in [0.25, 0.3) is 0 Å². The van der Waals surface area contributed by atoms with Gasteiger partial charge in [-0.3, -0.25) is 4.79 Å². The predicted octanol–water partition coefficient (Wildman–Crippen LogP) is 1.59. The largest absolute Gasteiger partial charge is 0.497 e. The molecule has 1 amide bonds. The van der Waals surface area contributed by atoms with Crippen LogP contribution in [0.2, 0.25) is 0 Å². The number of hydrogen-bond donors (Lipinski definition) is 2. The number of methoxy groups -OCH3 is 2. The average molecular weight is 337 g/mol. The van der Waals surface area contributed by atoms with Crippen molar-refractivity contribution in [2.24, 2.45) is 0 Å². The number of ether oxygens (including phenoxy) is 2. The molecule has 7 heteroatoms. The highest BCUT2D eigenvalue weighted by molar-refractivity contribution is 5.84. The molecule has 0 bridgehead atoms. The van der Waals surface area contributed by atoms with Gasteiger partial charge in [0.1, 0.15) is 17.5 Å². The van der Waals surface area contributed by atoms with Crippen LogP contribution < -0.4 is 9.47 Å². The van der Waals surface area contributed by atoms with Crippen molar-refractivity contribution in [1.29, 1.82) is 0 Å². The molecule has 1 fully saturated rings. The van der Waals surface area contributed by atoms with Crippen molar-refractivity contribution in [1.82, 2.24) is 4.90 Å². The molecule has 1 aromatic carbocycles. The Morgan fingerprint density at radius 3 is 2.71 bits per heavy atom. The zero-order valence-corrected chi connectivity index (χ0v) is 13.9. The van der Waals surface area contributed by atoms with Crippen LogP contribution >= 0.6 is 0 Å². The lowest BCUT2D eigenvalue weighted by Gasteiger charge is -2.22. The molecule has 0 aliphatic carbocycles. The van der Waals surface area contributed by atoms with Crippen LogP contribution in [0.1, 0.15) is 37.4 Å². The van der Waals surface area contributed by atoms with Crippen LogP contribution in [-0.4, -0.2) is 53.8 Å². The summed E-state index contributed by atoms with van der Waals surface area (Å²) < 4.78 is 10.4. The van der Waals surface area contributed by atoms with Crippen LogP contribution in [0.4, 0.5) is 0 Å². The number of likely N-dealkylation sites (tertiary alicyclic amines) is 1. The van der Waals surface area contributed by atoms with Gasteiger partial charge in [-0.25, -0.2) is 4.79 Å². The van der Waals surface area contributed by atoms with Crippen LogP contribution in [0.5, 0.6) is 11.5 Å². The van der Waals surface area contributed by atoms with Gasteiger partial charge in [0.2, 0.25) is 5.91 Å². The zero-order valence-electron chi connectivity index (χ0n) is 13.9. The number of aliphatic hydroxyl groups is 1. The Balaban J connectivity index is 1.99. The lowest BCUT2D eigenvalue weighted by Crippen LogP contribution is -2.40. The first-order valence-corrected chi connectivity index (χ1v) is 7.90. The van der Waals surface area contributed by atoms with Gasteiger partial charge >= 0.3 is 5.97 Å². The van der Waals surface area contributed by atoms with E-state index in [0.717, 1.165) is 0 Å². The topological polar surface area (TPSA) is 96.3 Å². The van der Waals surface area contributed by atoms with Gasteiger partial charge in [-0.05, 0) is 31.4 Å². The predicted molar refractivity (Wildman–Crippen MR) is 86.1 cm³/mol. The molecule has 2 atom stereocenters. The van der Waals surface area contributed by atoms with Gasteiger partial charge in [0.15, 0.2) is 0 Å². The molecular formula is C17H23NO6. The molecule has 0 saturated carbocycles. The van der Waals surface area contributed by atoms with Gasteiger partial charge in [-0.2, -0.15) is 0 Å². The number of nitrogens with zero attached hydrogens (tertiary/aromatic N) is 1. The number of hydrogen-bond acceptors (Lipinski definition) is 5. The van der Waals surface area contributed by atoms with Crippen molar-refractivity contribution in [3.63, 3.8) is 0 Å². The second-order valence-corrected chi connectivity index (χ2v) is 5.75. The number of carboxylic acid groups (broad SMARTS) is 1. The highest BCUT2D eigenvalue weighted by Gasteiger charge is 2.33. The van der Waals surface area contributed by atoms with Gasteiger partial charge in [-0.15, -0.1) is 0 Å². The third-order valence-electron chi connectivity index (χ3n) is 4.29. The fourth-order valence-corrected chi connectivity index (χ4v) is 2.97. The molecular weight excluding hydrogens is 314 g/mol. The van der Waals surface area contributed by atoms with E-state index in [1.54, 1.807) is 25.3 Å². The summed E-state index contributed by atoms with van der Waals surface area (Å²) in [4.78, 5) is 24.8. The van der Waals surface area contributed by atoms with Gasteiger partial charge < -0.3 is 24.6 Å². The standard InChI is InChI=1S/C17H23NO6/c1-23-11-5-6-12(15(10-11)24-2)14(19)7-8-16(20)18-9-3-4-13(18)17(21)22/h5-6,10,13-14,19H,3-4,7-9H2,1-2H3,(H,21,22). The molecule has 0 spiro atoms. The quantitative estimate of drug-likeness (QED) is 0.784. The molecule has 0 aromatic heterocycles. The summed E-state index contributed by atoms with van der Waals surface area (Å²) >= 11 is 0. The molecule has 0 radical (unpaired) electrons. The number of carboxylic acids is 1. The van der Waals surface area contributed by atoms with Crippen molar-refractivity contribution in [2.45, 2.75) is 37.8 Å².